The highest BCUT2D eigenvalue weighted by atomic mass is 19.1. The number of methoxy groups -OCH3 is 1. The van der Waals surface area contributed by atoms with Crippen molar-refractivity contribution in [1.29, 1.82) is 0 Å². The Hall–Kier alpha value is -1.46. The van der Waals surface area contributed by atoms with E-state index in [-0.39, 0.29) is 12.2 Å². The van der Waals surface area contributed by atoms with Crippen LogP contribution in [0.2, 0.25) is 0 Å². The Balaban J connectivity index is 2.56. The summed E-state index contributed by atoms with van der Waals surface area (Å²) >= 11 is 0. The molecule has 0 radical (unpaired) electrons. The highest BCUT2D eigenvalue weighted by molar-refractivity contribution is 5.66. The molecule has 4 nitrogen and oxygen atoms in total. The Kier molecular flexibility index (Phi) is 7.07. The van der Waals surface area contributed by atoms with Gasteiger partial charge in [-0.3, -0.25) is 9.69 Å². The lowest BCUT2D eigenvalue weighted by molar-refractivity contribution is -0.137. The van der Waals surface area contributed by atoms with Gasteiger partial charge in [0.15, 0.2) is 0 Å². The van der Waals surface area contributed by atoms with E-state index >= 15 is 0 Å². The molecule has 1 rings (SSSR count). The van der Waals surface area contributed by atoms with Crippen molar-refractivity contribution in [2.24, 2.45) is 0 Å². The number of rotatable bonds is 9. The van der Waals surface area contributed by atoms with Crippen LogP contribution in [0.4, 0.5) is 4.39 Å². The van der Waals surface area contributed by atoms with Gasteiger partial charge in [0.2, 0.25) is 0 Å². The summed E-state index contributed by atoms with van der Waals surface area (Å²) in [6.07, 6.45) is 0.853. The normalized spacial score (nSPS) is 10.9. The first-order valence-corrected chi connectivity index (χ1v) is 6.30. The minimum atomic E-state index is -0.842. The van der Waals surface area contributed by atoms with E-state index in [1.165, 1.54) is 6.07 Å². The molecule has 1 aromatic carbocycles. The number of carboxylic acids is 1. The van der Waals surface area contributed by atoms with Gasteiger partial charge in [0.25, 0.3) is 0 Å². The quantitative estimate of drug-likeness (QED) is 0.698. The Morgan fingerprint density at radius 3 is 2.74 bits per heavy atom. The number of benzene rings is 1. The molecule has 106 valence electrons. The molecular formula is C14H20FNO3. The number of hydrogen-bond acceptors (Lipinski definition) is 3. The summed E-state index contributed by atoms with van der Waals surface area (Å²) in [6, 6.07) is 6.56. The highest BCUT2D eigenvalue weighted by Gasteiger charge is 2.10. The molecule has 0 saturated carbocycles. The lowest BCUT2D eigenvalue weighted by Crippen LogP contribution is -2.28. The second-order valence-corrected chi connectivity index (χ2v) is 4.36. The second kappa shape index (κ2) is 8.61. The molecule has 0 aliphatic carbocycles. The van der Waals surface area contributed by atoms with Gasteiger partial charge in [-0.1, -0.05) is 18.2 Å². The second-order valence-electron chi connectivity index (χ2n) is 4.36. The maximum Gasteiger partial charge on any atom is 0.304 e. The predicted molar refractivity (Wildman–Crippen MR) is 70.4 cm³/mol. The van der Waals surface area contributed by atoms with Crippen LogP contribution in [0.5, 0.6) is 0 Å². The first-order chi connectivity index (χ1) is 9.13. The first-order valence-electron chi connectivity index (χ1n) is 6.30. The van der Waals surface area contributed by atoms with Gasteiger partial charge in [0, 0.05) is 38.9 Å². The summed E-state index contributed by atoms with van der Waals surface area (Å²) in [5, 5.41) is 8.73. The van der Waals surface area contributed by atoms with Crippen LogP contribution in [-0.4, -0.2) is 42.8 Å². The smallest absolute Gasteiger partial charge is 0.304 e. The number of carboxylic acid groups (broad SMARTS) is 1. The van der Waals surface area contributed by atoms with Crippen molar-refractivity contribution in [3.05, 3.63) is 35.6 Å². The van der Waals surface area contributed by atoms with E-state index in [1.807, 2.05) is 4.90 Å². The molecule has 0 saturated heterocycles. The minimum absolute atomic E-state index is 0.0570. The standard InChI is InChI=1S/C14H20FNO3/c1-19-10-4-8-16(9-7-14(17)18)11-12-5-2-3-6-13(12)15/h2-3,5-6H,4,7-11H2,1H3,(H,17,18). The molecule has 0 heterocycles. The van der Waals surface area contributed by atoms with Crippen molar-refractivity contribution in [3.8, 4) is 0 Å². The van der Waals surface area contributed by atoms with Gasteiger partial charge >= 0.3 is 5.97 Å². The van der Waals surface area contributed by atoms with E-state index in [9.17, 15) is 9.18 Å². The van der Waals surface area contributed by atoms with Crippen molar-refractivity contribution >= 4 is 5.97 Å². The lowest BCUT2D eigenvalue weighted by Gasteiger charge is -2.21. The Morgan fingerprint density at radius 2 is 2.11 bits per heavy atom. The SMILES string of the molecule is COCCCN(CCC(=O)O)Cc1ccccc1F. The largest absolute Gasteiger partial charge is 0.481 e. The number of aliphatic carboxylic acids is 1. The molecule has 0 aliphatic heterocycles. The van der Waals surface area contributed by atoms with Crippen LogP contribution in [0.1, 0.15) is 18.4 Å². The molecule has 0 fully saturated rings. The third kappa shape index (κ3) is 6.31. The summed E-state index contributed by atoms with van der Waals surface area (Å²) < 4.78 is 18.5. The van der Waals surface area contributed by atoms with Crippen LogP contribution in [0.3, 0.4) is 0 Å². The van der Waals surface area contributed by atoms with E-state index in [2.05, 4.69) is 0 Å². The predicted octanol–water partition coefficient (Wildman–Crippen LogP) is 2.14. The zero-order valence-electron chi connectivity index (χ0n) is 11.1. The fourth-order valence-electron chi connectivity index (χ4n) is 1.82. The third-order valence-corrected chi connectivity index (χ3v) is 2.82. The number of carbonyl (C=O) groups is 1. The van der Waals surface area contributed by atoms with Crippen LogP contribution >= 0.6 is 0 Å². The molecule has 0 bridgehead atoms. The highest BCUT2D eigenvalue weighted by Crippen LogP contribution is 2.10. The molecule has 0 atom stereocenters. The van der Waals surface area contributed by atoms with Gasteiger partial charge in [-0.25, -0.2) is 4.39 Å². The van der Waals surface area contributed by atoms with Crippen LogP contribution in [0, 0.1) is 5.82 Å². The summed E-state index contributed by atoms with van der Waals surface area (Å²) in [4.78, 5) is 12.6. The number of ether oxygens (including phenoxy) is 1. The molecule has 5 heteroatoms. The minimum Gasteiger partial charge on any atom is -0.481 e. The van der Waals surface area contributed by atoms with E-state index in [4.69, 9.17) is 9.84 Å². The molecule has 19 heavy (non-hydrogen) atoms. The molecule has 0 amide bonds. The zero-order valence-corrected chi connectivity index (χ0v) is 11.1. The van der Waals surface area contributed by atoms with Gasteiger partial charge in [-0.15, -0.1) is 0 Å². The summed E-state index contributed by atoms with van der Waals surface area (Å²) in [7, 11) is 1.62. The molecule has 0 unspecified atom stereocenters. The maximum absolute atomic E-state index is 13.6. The summed E-state index contributed by atoms with van der Waals surface area (Å²) in [5.41, 5.74) is 0.588. The number of halogens is 1. The van der Waals surface area contributed by atoms with Gasteiger partial charge in [-0.2, -0.15) is 0 Å². The van der Waals surface area contributed by atoms with Gasteiger partial charge < -0.3 is 9.84 Å². The number of nitrogens with zero attached hydrogens (tertiary/aromatic N) is 1. The van der Waals surface area contributed by atoms with Crippen LogP contribution in [0.25, 0.3) is 0 Å². The van der Waals surface area contributed by atoms with Crippen molar-refractivity contribution < 1.29 is 19.0 Å². The Morgan fingerprint density at radius 1 is 1.37 bits per heavy atom. The van der Waals surface area contributed by atoms with Crippen LogP contribution < -0.4 is 0 Å². The van der Waals surface area contributed by atoms with E-state index in [0.717, 1.165) is 6.42 Å². The molecule has 0 aliphatic rings. The maximum atomic E-state index is 13.6. The zero-order chi connectivity index (χ0) is 14.1. The average molecular weight is 269 g/mol. The van der Waals surface area contributed by atoms with Gasteiger partial charge in [0.1, 0.15) is 5.82 Å². The van der Waals surface area contributed by atoms with Crippen molar-refractivity contribution in [2.75, 3.05) is 26.8 Å². The van der Waals surface area contributed by atoms with Gasteiger partial charge in [-0.05, 0) is 12.5 Å². The lowest BCUT2D eigenvalue weighted by atomic mass is 10.2. The van der Waals surface area contributed by atoms with Crippen LogP contribution in [0.15, 0.2) is 24.3 Å². The Labute approximate surface area is 112 Å². The molecule has 0 spiro atoms. The van der Waals surface area contributed by atoms with Crippen LogP contribution in [-0.2, 0) is 16.1 Å². The summed E-state index contributed by atoms with van der Waals surface area (Å²) in [6.45, 7) is 2.13. The van der Waals surface area contributed by atoms with Crippen molar-refractivity contribution in [3.63, 3.8) is 0 Å². The van der Waals surface area contributed by atoms with Crippen molar-refractivity contribution in [1.82, 2.24) is 4.90 Å². The van der Waals surface area contributed by atoms with Gasteiger partial charge in [0.05, 0.1) is 6.42 Å². The topological polar surface area (TPSA) is 49.8 Å². The van der Waals surface area contributed by atoms with E-state index in [1.54, 1.807) is 25.3 Å². The fraction of sp³-hybridized carbons (Fsp3) is 0.500. The molecule has 1 aromatic rings. The molecular weight excluding hydrogens is 249 g/mol. The van der Waals surface area contributed by atoms with E-state index in [0.29, 0.717) is 31.8 Å². The van der Waals surface area contributed by atoms with Crippen molar-refractivity contribution in [2.45, 2.75) is 19.4 Å². The molecule has 0 aromatic heterocycles. The van der Waals surface area contributed by atoms with E-state index < -0.39 is 5.97 Å². The summed E-state index contributed by atoms with van der Waals surface area (Å²) in [5.74, 6) is -1.10. The first kappa shape index (κ1) is 15.6. The number of hydrogen-bond donors (Lipinski definition) is 1. The average Bonchev–Trinajstić information content (AvgIpc) is 2.38. The third-order valence-electron chi connectivity index (χ3n) is 2.82. The Bertz CT molecular complexity index is 398. The monoisotopic (exact) mass is 269 g/mol. The fourth-order valence-corrected chi connectivity index (χ4v) is 1.82. The molecule has 1 N–H and O–H groups in total.